The van der Waals surface area contributed by atoms with Crippen molar-refractivity contribution in [3.63, 3.8) is 0 Å². The molecule has 0 fully saturated rings. The van der Waals surface area contributed by atoms with E-state index in [0.717, 1.165) is 0 Å². The molecule has 6 N–H and O–H groups in total. The maximum absolute atomic E-state index is 8.74. The molecule has 0 heterocycles. The van der Waals surface area contributed by atoms with Gasteiger partial charge in [0.25, 0.3) is 0 Å². The van der Waals surface area contributed by atoms with E-state index in [1.54, 1.807) is 0 Å². The monoisotopic (exact) mass is 270 g/mol. The van der Waals surface area contributed by atoms with Gasteiger partial charge in [-0.1, -0.05) is 0 Å². The molecule has 15 heavy (non-hydrogen) atoms. The summed E-state index contributed by atoms with van der Waals surface area (Å²) in [5.74, 6) is 0. The molecule has 0 saturated carbocycles. The summed E-state index contributed by atoms with van der Waals surface area (Å²) in [7, 11) is -4.67. The number of hydrogen-bond acceptors (Lipinski definition) is 4. The third kappa shape index (κ3) is 13200. The topological polar surface area (TPSA) is 190 Å². The van der Waals surface area contributed by atoms with Crippen molar-refractivity contribution in [2.45, 2.75) is 0 Å². The second-order valence-corrected chi connectivity index (χ2v) is 1.91. The van der Waals surface area contributed by atoms with E-state index >= 15 is 0 Å². The van der Waals surface area contributed by atoms with Gasteiger partial charge in [0.15, 0.2) is 0 Å². The molecule has 0 aliphatic rings. The Balaban J connectivity index is -0.0000000315. The molecule has 0 bridgehead atoms. The van der Waals surface area contributed by atoms with Crippen LogP contribution in [0.1, 0.15) is 0 Å². The van der Waals surface area contributed by atoms with Crippen LogP contribution in [0.4, 0.5) is 9.59 Å². The zero-order valence-electron chi connectivity index (χ0n) is 5.72. The Morgan fingerprint density at radius 2 is 0.733 bits per heavy atom. The summed E-state index contributed by atoms with van der Waals surface area (Å²) in [5, 5.41) is 27.9. The molecule has 0 amide bonds. The fraction of sp³-hybridized carbons (Fsp3) is 0. The van der Waals surface area contributed by atoms with Crippen LogP contribution >= 0.6 is 0 Å². The van der Waals surface area contributed by atoms with Gasteiger partial charge in [0.05, 0.1) is 0 Å². The summed E-state index contributed by atoms with van der Waals surface area (Å²) >= 11 is 0. The van der Waals surface area contributed by atoms with E-state index in [9.17, 15) is 0 Å². The third-order valence-corrected chi connectivity index (χ3v) is 0. The first-order valence-electron chi connectivity index (χ1n) is 2.00. The number of carbonyl (C=O) groups is 2. The van der Waals surface area contributed by atoms with Gasteiger partial charge < -0.3 is 20.4 Å². The van der Waals surface area contributed by atoms with E-state index in [1.165, 1.54) is 0 Å². The molecule has 84 valence electrons. The molecule has 0 aromatic heterocycles. The molecule has 0 rings (SSSR count). The van der Waals surface area contributed by atoms with Gasteiger partial charge in [-0.2, -0.15) is 8.42 Å². The maximum atomic E-state index is 8.74. The normalized spacial score (nSPS) is 7.07. The summed E-state index contributed by atoms with van der Waals surface area (Å²) in [5.41, 5.74) is 0. The molecule has 0 aromatic rings. The Bertz CT molecular complexity index is 216. The van der Waals surface area contributed by atoms with Crippen LogP contribution < -0.4 is 0 Å². The van der Waals surface area contributed by atoms with Gasteiger partial charge in [0, 0.05) is 0 Å². The average molecular weight is 270 g/mol. The second kappa shape index (κ2) is 16.8. The SMILES string of the molecule is O=C(O)O.O=C(O)O.O=S(=O)(O)O.[NaH].[NaH]. The first kappa shape index (κ1) is 29.5. The van der Waals surface area contributed by atoms with Crippen LogP contribution in [0.25, 0.3) is 0 Å². The molecule has 0 aliphatic carbocycles. The summed E-state index contributed by atoms with van der Waals surface area (Å²) in [4.78, 5) is 17.1. The van der Waals surface area contributed by atoms with E-state index in [4.69, 9.17) is 47.5 Å². The summed E-state index contributed by atoms with van der Waals surface area (Å²) in [6, 6.07) is 0. The van der Waals surface area contributed by atoms with Crippen LogP contribution in [0.2, 0.25) is 0 Å². The third-order valence-electron chi connectivity index (χ3n) is 0. The summed E-state index contributed by atoms with van der Waals surface area (Å²) < 4.78 is 31.6. The molecule has 10 nitrogen and oxygen atoms in total. The van der Waals surface area contributed by atoms with Gasteiger partial charge in [-0.25, -0.2) is 9.59 Å². The van der Waals surface area contributed by atoms with Crippen molar-refractivity contribution in [2.24, 2.45) is 0 Å². The first-order valence-corrected chi connectivity index (χ1v) is 3.40. The molecule has 0 spiro atoms. The Kier molecular flexibility index (Phi) is 33.1. The van der Waals surface area contributed by atoms with Crippen molar-refractivity contribution in [1.82, 2.24) is 0 Å². The Morgan fingerprint density at radius 3 is 0.733 bits per heavy atom. The fourth-order valence-corrected chi connectivity index (χ4v) is 0. The van der Waals surface area contributed by atoms with E-state index in [2.05, 4.69) is 0 Å². The van der Waals surface area contributed by atoms with Gasteiger partial charge in [-0.05, 0) is 0 Å². The summed E-state index contributed by atoms with van der Waals surface area (Å²) in [6.45, 7) is 0. The van der Waals surface area contributed by atoms with Crippen LogP contribution in [-0.2, 0) is 10.4 Å². The van der Waals surface area contributed by atoms with E-state index < -0.39 is 22.7 Å². The van der Waals surface area contributed by atoms with Crippen molar-refractivity contribution in [3.05, 3.63) is 0 Å². The molecule has 13 heteroatoms. The van der Waals surface area contributed by atoms with Gasteiger partial charge in [0.2, 0.25) is 0 Å². The average Bonchev–Trinajstić information content (AvgIpc) is 1.50. The molecule has 0 saturated heterocycles. The van der Waals surface area contributed by atoms with Gasteiger partial charge in [-0.3, -0.25) is 9.11 Å². The second-order valence-electron chi connectivity index (χ2n) is 1.01. The van der Waals surface area contributed by atoms with E-state index in [-0.39, 0.29) is 59.1 Å². The number of rotatable bonds is 0. The van der Waals surface area contributed by atoms with Crippen molar-refractivity contribution in [2.75, 3.05) is 0 Å². The van der Waals surface area contributed by atoms with Gasteiger partial charge >= 0.3 is 81.8 Å². The molecule has 0 radical (unpaired) electrons. The van der Waals surface area contributed by atoms with Crippen LogP contribution in [0, 0.1) is 0 Å². The van der Waals surface area contributed by atoms with Gasteiger partial charge in [0.1, 0.15) is 0 Å². The van der Waals surface area contributed by atoms with Crippen molar-refractivity contribution < 1.29 is 47.5 Å². The van der Waals surface area contributed by atoms with Crippen molar-refractivity contribution >= 4 is 81.8 Å². The molecule has 0 aromatic carbocycles. The quantitative estimate of drug-likeness (QED) is 0.223. The number of hydrogen-bond donors (Lipinski definition) is 6. The molecular weight excluding hydrogens is 262 g/mol. The van der Waals surface area contributed by atoms with Crippen LogP contribution in [-0.4, -0.2) is 109 Å². The Labute approximate surface area is 128 Å². The molecule has 0 aliphatic heterocycles. The van der Waals surface area contributed by atoms with Crippen LogP contribution in [0.5, 0.6) is 0 Å². The summed E-state index contributed by atoms with van der Waals surface area (Å²) in [6.07, 6.45) is -3.67. The minimum absolute atomic E-state index is 0. The molecular formula is C2H8Na2O10S. The van der Waals surface area contributed by atoms with E-state index in [1.807, 2.05) is 0 Å². The van der Waals surface area contributed by atoms with Crippen LogP contribution in [0.3, 0.4) is 0 Å². The minimum atomic E-state index is -4.67. The van der Waals surface area contributed by atoms with Crippen molar-refractivity contribution in [3.8, 4) is 0 Å². The Morgan fingerprint density at radius 1 is 0.733 bits per heavy atom. The van der Waals surface area contributed by atoms with Crippen LogP contribution in [0.15, 0.2) is 0 Å². The van der Waals surface area contributed by atoms with E-state index in [0.29, 0.717) is 0 Å². The fourth-order valence-electron chi connectivity index (χ4n) is 0. The first-order chi connectivity index (χ1) is 5.46. The predicted molar refractivity (Wildman–Crippen MR) is 49.8 cm³/mol. The molecule has 0 atom stereocenters. The molecule has 0 unspecified atom stereocenters. The van der Waals surface area contributed by atoms with Gasteiger partial charge in [-0.15, -0.1) is 0 Å². The van der Waals surface area contributed by atoms with Crippen molar-refractivity contribution in [1.29, 1.82) is 0 Å². The standard InChI is InChI=1S/2CH2O3.2Na.H2O4S.2H/c2*2-1(3)4;;;1-5(2,3)4;;/h2*(H2,2,3,4);;;(H2,1,2,3,4);;. The predicted octanol–water partition coefficient (Wildman–Crippen LogP) is -1.50. The zero-order valence-corrected chi connectivity index (χ0v) is 6.54. The zero-order chi connectivity index (χ0) is 11.7. The number of carboxylic acid groups (broad SMARTS) is 4. The Hall–Kier alpha value is 0.410.